The van der Waals surface area contributed by atoms with Crippen molar-refractivity contribution in [3.8, 4) is 5.75 Å². The third kappa shape index (κ3) is 5.84. The Morgan fingerprint density at radius 2 is 1.84 bits per heavy atom. The standard InChI is InChI=1S/C21H26BrNO2/c1-17-4-6-18(7-5-17)16-25-21-9-8-20(22)15-19(21)3-2-10-23-11-13-24-14-12-23/h4-9,15H,2-3,10-14,16H2,1H3. The van der Waals surface area contributed by atoms with E-state index in [1.807, 2.05) is 0 Å². The molecule has 4 heteroatoms. The lowest BCUT2D eigenvalue weighted by Gasteiger charge is -2.26. The van der Waals surface area contributed by atoms with E-state index in [9.17, 15) is 0 Å². The van der Waals surface area contributed by atoms with Crippen molar-refractivity contribution in [2.45, 2.75) is 26.4 Å². The molecule has 0 saturated carbocycles. The molecular weight excluding hydrogens is 378 g/mol. The highest BCUT2D eigenvalue weighted by molar-refractivity contribution is 9.10. The van der Waals surface area contributed by atoms with Crippen molar-refractivity contribution in [2.75, 3.05) is 32.8 Å². The molecule has 0 atom stereocenters. The van der Waals surface area contributed by atoms with Gasteiger partial charge in [-0.3, -0.25) is 4.90 Å². The van der Waals surface area contributed by atoms with Gasteiger partial charge in [0.25, 0.3) is 0 Å². The molecule has 3 nitrogen and oxygen atoms in total. The molecule has 3 rings (SSSR count). The lowest BCUT2D eigenvalue weighted by molar-refractivity contribution is 0.0374. The number of hydrogen-bond donors (Lipinski definition) is 0. The number of rotatable bonds is 7. The molecule has 1 heterocycles. The lowest BCUT2D eigenvalue weighted by atomic mass is 10.1. The van der Waals surface area contributed by atoms with Gasteiger partial charge in [-0.05, 0) is 55.6 Å². The van der Waals surface area contributed by atoms with Gasteiger partial charge in [0.15, 0.2) is 0 Å². The summed E-state index contributed by atoms with van der Waals surface area (Å²) in [5, 5.41) is 0. The second kappa shape index (κ2) is 9.37. The Balaban J connectivity index is 1.56. The van der Waals surface area contributed by atoms with Gasteiger partial charge in [-0.25, -0.2) is 0 Å². The minimum Gasteiger partial charge on any atom is -0.489 e. The zero-order valence-electron chi connectivity index (χ0n) is 14.8. The van der Waals surface area contributed by atoms with Gasteiger partial charge >= 0.3 is 0 Å². The molecular formula is C21H26BrNO2. The topological polar surface area (TPSA) is 21.7 Å². The Kier molecular flexibility index (Phi) is 6.91. The molecule has 1 saturated heterocycles. The molecule has 0 spiro atoms. The fourth-order valence-corrected chi connectivity index (χ4v) is 3.46. The van der Waals surface area contributed by atoms with E-state index >= 15 is 0 Å². The summed E-state index contributed by atoms with van der Waals surface area (Å²) >= 11 is 3.59. The van der Waals surface area contributed by atoms with Gasteiger partial charge in [0.1, 0.15) is 12.4 Å². The van der Waals surface area contributed by atoms with Crippen LogP contribution in [0.2, 0.25) is 0 Å². The van der Waals surface area contributed by atoms with E-state index in [0.29, 0.717) is 6.61 Å². The van der Waals surface area contributed by atoms with E-state index in [1.54, 1.807) is 0 Å². The van der Waals surface area contributed by atoms with Crippen molar-refractivity contribution in [2.24, 2.45) is 0 Å². The van der Waals surface area contributed by atoms with E-state index < -0.39 is 0 Å². The van der Waals surface area contributed by atoms with Gasteiger partial charge in [-0.15, -0.1) is 0 Å². The number of nitrogens with zero attached hydrogens (tertiary/aromatic N) is 1. The summed E-state index contributed by atoms with van der Waals surface area (Å²) in [6.07, 6.45) is 2.16. The van der Waals surface area contributed by atoms with E-state index in [2.05, 4.69) is 70.2 Å². The molecule has 1 aliphatic rings. The summed E-state index contributed by atoms with van der Waals surface area (Å²) in [6, 6.07) is 14.8. The molecule has 25 heavy (non-hydrogen) atoms. The van der Waals surface area contributed by atoms with Crippen LogP contribution in [0.3, 0.4) is 0 Å². The number of aryl methyl sites for hydroxylation is 2. The fraction of sp³-hybridized carbons (Fsp3) is 0.429. The molecule has 0 amide bonds. The van der Waals surface area contributed by atoms with Crippen LogP contribution < -0.4 is 4.74 Å². The molecule has 1 aliphatic heterocycles. The van der Waals surface area contributed by atoms with Crippen molar-refractivity contribution in [3.63, 3.8) is 0 Å². The summed E-state index contributed by atoms with van der Waals surface area (Å²) in [4.78, 5) is 2.48. The van der Waals surface area contributed by atoms with Crippen molar-refractivity contribution in [1.82, 2.24) is 4.90 Å². The van der Waals surface area contributed by atoms with Crippen molar-refractivity contribution < 1.29 is 9.47 Å². The molecule has 0 bridgehead atoms. The largest absolute Gasteiger partial charge is 0.489 e. The predicted molar refractivity (Wildman–Crippen MR) is 105 cm³/mol. The summed E-state index contributed by atoms with van der Waals surface area (Å²) in [7, 11) is 0. The molecule has 0 aliphatic carbocycles. The average Bonchev–Trinajstić information content (AvgIpc) is 2.63. The number of halogens is 1. The Bertz CT molecular complexity index is 666. The van der Waals surface area contributed by atoms with Crippen molar-refractivity contribution in [3.05, 3.63) is 63.6 Å². The number of morpholine rings is 1. The second-order valence-corrected chi connectivity index (χ2v) is 7.50. The Labute approximate surface area is 159 Å². The monoisotopic (exact) mass is 403 g/mol. The van der Waals surface area contributed by atoms with Crippen LogP contribution in [0.5, 0.6) is 5.75 Å². The summed E-state index contributed by atoms with van der Waals surface area (Å²) in [5.41, 5.74) is 3.75. The van der Waals surface area contributed by atoms with Gasteiger partial charge in [0, 0.05) is 17.6 Å². The van der Waals surface area contributed by atoms with Crippen LogP contribution >= 0.6 is 15.9 Å². The highest BCUT2D eigenvalue weighted by Crippen LogP contribution is 2.25. The minimum absolute atomic E-state index is 0.610. The highest BCUT2D eigenvalue weighted by Gasteiger charge is 2.11. The normalized spacial score (nSPS) is 15.3. The highest BCUT2D eigenvalue weighted by atomic mass is 79.9. The lowest BCUT2D eigenvalue weighted by Crippen LogP contribution is -2.36. The maximum absolute atomic E-state index is 6.11. The first-order valence-corrected chi connectivity index (χ1v) is 9.77. The second-order valence-electron chi connectivity index (χ2n) is 6.58. The fourth-order valence-electron chi connectivity index (χ4n) is 3.05. The zero-order chi connectivity index (χ0) is 17.5. The third-order valence-corrected chi connectivity index (χ3v) is 5.05. The number of ether oxygens (including phenoxy) is 2. The maximum Gasteiger partial charge on any atom is 0.123 e. The molecule has 2 aromatic rings. The van der Waals surface area contributed by atoms with Crippen LogP contribution in [0.1, 0.15) is 23.1 Å². The van der Waals surface area contributed by atoms with E-state index in [1.165, 1.54) is 16.7 Å². The Morgan fingerprint density at radius 3 is 2.60 bits per heavy atom. The first-order valence-electron chi connectivity index (χ1n) is 8.97. The summed E-state index contributed by atoms with van der Waals surface area (Å²) in [5.74, 6) is 0.991. The molecule has 134 valence electrons. The first kappa shape index (κ1) is 18.4. The Morgan fingerprint density at radius 1 is 1.08 bits per heavy atom. The molecule has 0 N–H and O–H groups in total. The van der Waals surface area contributed by atoms with Gasteiger partial charge in [0.2, 0.25) is 0 Å². The van der Waals surface area contributed by atoms with Crippen LogP contribution in [0.15, 0.2) is 46.9 Å². The quantitative estimate of drug-likeness (QED) is 0.673. The van der Waals surface area contributed by atoms with Gasteiger partial charge in [-0.1, -0.05) is 45.8 Å². The molecule has 1 fully saturated rings. The summed E-state index contributed by atoms with van der Waals surface area (Å²) in [6.45, 7) is 7.66. The molecule has 0 unspecified atom stereocenters. The van der Waals surface area contributed by atoms with Crippen LogP contribution in [0.4, 0.5) is 0 Å². The number of benzene rings is 2. The molecule has 0 aromatic heterocycles. The van der Waals surface area contributed by atoms with Crippen LogP contribution in [0, 0.1) is 6.92 Å². The Hall–Kier alpha value is -1.36. The van der Waals surface area contributed by atoms with E-state index in [-0.39, 0.29) is 0 Å². The minimum atomic E-state index is 0.610. The van der Waals surface area contributed by atoms with E-state index in [4.69, 9.17) is 9.47 Å². The number of hydrogen-bond acceptors (Lipinski definition) is 3. The van der Waals surface area contributed by atoms with Crippen LogP contribution in [0.25, 0.3) is 0 Å². The van der Waals surface area contributed by atoms with Crippen LogP contribution in [-0.2, 0) is 17.8 Å². The predicted octanol–water partition coefficient (Wildman–Crippen LogP) is 4.60. The zero-order valence-corrected chi connectivity index (χ0v) is 16.4. The van der Waals surface area contributed by atoms with Crippen LogP contribution in [-0.4, -0.2) is 37.7 Å². The molecule has 0 radical (unpaired) electrons. The smallest absolute Gasteiger partial charge is 0.123 e. The van der Waals surface area contributed by atoms with Crippen molar-refractivity contribution >= 4 is 15.9 Å². The van der Waals surface area contributed by atoms with Gasteiger partial charge < -0.3 is 9.47 Å². The van der Waals surface area contributed by atoms with Crippen molar-refractivity contribution in [1.29, 1.82) is 0 Å². The third-order valence-electron chi connectivity index (χ3n) is 4.56. The SMILES string of the molecule is Cc1ccc(COc2ccc(Br)cc2CCCN2CCOCC2)cc1. The average molecular weight is 404 g/mol. The van der Waals surface area contributed by atoms with Gasteiger partial charge in [0.05, 0.1) is 13.2 Å². The molecule has 2 aromatic carbocycles. The van der Waals surface area contributed by atoms with Gasteiger partial charge in [-0.2, -0.15) is 0 Å². The first-order chi connectivity index (χ1) is 12.2. The van der Waals surface area contributed by atoms with E-state index in [0.717, 1.165) is 55.9 Å². The maximum atomic E-state index is 6.11. The summed E-state index contributed by atoms with van der Waals surface area (Å²) < 4.78 is 12.6.